The number of methoxy groups -OCH3 is 1. The summed E-state index contributed by atoms with van der Waals surface area (Å²) >= 11 is 0. The highest BCUT2D eigenvalue weighted by Gasteiger charge is 2.12. The molecule has 0 spiro atoms. The molecule has 92 valence electrons. The molecule has 0 atom stereocenters. The lowest BCUT2D eigenvalue weighted by atomic mass is 10.1. The first-order valence-electron chi connectivity index (χ1n) is 5.56. The number of hydrogen-bond acceptors (Lipinski definition) is 4. The number of anilines is 1. The fraction of sp³-hybridized carbons (Fsp3) is 0.154. The van der Waals surface area contributed by atoms with Gasteiger partial charge in [0.15, 0.2) is 0 Å². The second kappa shape index (κ2) is 3.80. The van der Waals surface area contributed by atoms with Crippen molar-refractivity contribution in [2.45, 2.75) is 6.92 Å². The van der Waals surface area contributed by atoms with Crippen molar-refractivity contribution in [3.05, 3.63) is 30.2 Å². The van der Waals surface area contributed by atoms with Crippen LogP contribution in [-0.4, -0.2) is 17.1 Å². The molecule has 1 aromatic carbocycles. The minimum atomic E-state index is 0.166. The predicted octanol–water partition coefficient (Wildman–Crippen LogP) is 2.72. The zero-order chi connectivity index (χ0) is 12.7. The van der Waals surface area contributed by atoms with Crippen molar-refractivity contribution < 1.29 is 9.15 Å². The first-order valence-corrected chi connectivity index (χ1v) is 5.56. The summed E-state index contributed by atoms with van der Waals surface area (Å²) in [6.07, 6.45) is 3.45. The molecule has 0 saturated carbocycles. The molecule has 3 rings (SSSR count). The van der Waals surface area contributed by atoms with Crippen LogP contribution < -0.4 is 10.5 Å². The number of aromatic amines is 1. The van der Waals surface area contributed by atoms with Gasteiger partial charge in [0.25, 0.3) is 6.01 Å². The summed E-state index contributed by atoms with van der Waals surface area (Å²) in [6.45, 7) is 2.03. The van der Waals surface area contributed by atoms with E-state index in [4.69, 9.17) is 14.9 Å². The van der Waals surface area contributed by atoms with Gasteiger partial charge in [0, 0.05) is 22.7 Å². The van der Waals surface area contributed by atoms with E-state index in [0.717, 1.165) is 27.8 Å². The van der Waals surface area contributed by atoms with Gasteiger partial charge in [-0.3, -0.25) is 0 Å². The van der Waals surface area contributed by atoms with Gasteiger partial charge in [-0.1, -0.05) is 0 Å². The zero-order valence-electron chi connectivity index (χ0n) is 10.2. The molecule has 2 heterocycles. The van der Waals surface area contributed by atoms with Crippen LogP contribution in [-0.2, 0) is 0 Å². The number of rotatable bonds is 2. The molecule has 3 aromatic rings. The highest BCUT2D eigenvalue weighted by atomic mass is 16.5. The van der Waals surface area contributed by atoms with Gasteiger partial charge in [0.05, 0.1) is 7.11 Å². The number of H-pyrrole nitrogens is 1. The fourth-order valence-electron chi connectivity index (χ4n) is 2.12. The van der Waals surface area contributed by atoms with E-state index in [0.29, 0.717) is 5.69 Å². The maximum Gasteiger partial charge on any atom is 0.292 e. The summed E-state index contributed by atoms with van der Waals surface area (Å²) < 4.78 is 10.3. The SMILES string of the molecule is COc1cc(C)c2[nH]cc(-c3coc(N)n3)c2c1. The molecule has 0 radical (unpaired) electrons. The van der Waals surface area contributed by atoms with Gasteiger partial charge in [0.2, 0.25) is 0 Å². The number of aromatic nitrogens is 2. The van der Waals surface area contributed by atoms with E-state index < -0.39 is 0 Å². The maximum atomic E-state index is 5.50. The molecule has 18 heavy (non-hydrogen) atoms. The minimum Gasteiger partial charge on any atom is -0.497 e. The van der Waals surface area contributed by atoms with E-state index in [1.807, 2.05) is 25.3 Å². The molecular formula is C13H13N3O2. The van der Waals surface area contributed by atoms with E-state index in [9.17, 15) is 0 Å². The van der Waals surface area contributed by atoms with Crippen LogP contribution in [0, 0.1) is 6.92 Å². The number of nitrogen functional groups attached to an aromatic ring is 1. The zero-order valence-corrected chi connectivity index (χ0v) is 10.2. The molecule has 0 amide bonds. The molecular weight excluding hydrogens is 230 g/mol. The fourth-order valence-corrected chi connectivity index (χ4v) is 2.12. The highest BCUT2D eigenvalue weighted by Crippen LogP contribution is 2.33. The first-order chi connectivity index (χ1) is 8.69. The van der Waals surface area contributed by atoms with Gasteiger partial charge in [0.1, 0.15) is 17.7 Å². The lowest BCUT2D eigenvalue weighted by Crippen LogP contribution is -1.86. The third kappa shape index (κ3) is 1.52. The van der Waals surface area contributed by atoms with Gasteiger partial charge in [-0.05, 0) is 24.6 Å². The van der Waals surface area contributed by atoms with E-state index in [1.165, 1.54) is 0 Å². The average Bonchev–Trinajstić information content (AvgIpc) is 2.95. The Labute approximate surface area is 104 Å². The number of aryl methyl sites for hydroxylation is 1. The van der Waals surface area contributed by atoms with Gasteiger partial charge in [-0.2, -0.15) is 4.98 Å². The molecule has 5 nitrogen and oxygen atoms in total. The topological polar surface area (TPSA) is 77.1 Å². The predicted molar refractivity (Wildman–Crippen MR) is 69.5 cm³/mol. The van der Waals surface area contributed by atoms with Gasteiger partial charge < -0.3 is 19.9 Å². The number of nitrogens with zero attached hydrogens (tertiary/aromatic N) is 1. The van der Waals surface area contributed by atoms with Crippen LogP contribution in [0.4, 0.5) is 6.01 Å². The largest absolute Gasteiger partial charge is 0.497 e. The Kier molecular flexibility index (Phi) is 2.26. The van der Waals surface area contributed by atoms with E-state index in [2.05, 4.69) is 9.97 Å². The van der Waals surface area contributed by atoms with E-state index in [1.54, 1.807) is 13.4 Å². The number of nitrogens with two attached hydrogens (primary N) is 1. The molecule has 2 aromatic heterocycles. The van der Waals surface area contributed by atoms with Crippen molar-refractivity contribution in [2.75, 3.05) is 12.8 Å². The second-order valence-corrected chi connectivity index (χ2v) is 4.14. The van der Waals surface area contributed by atoms with Crippen molar-refractivity contribution in [3.8, 4) is 17.0 Å². The average molecular weight is 243 g/mol. The molecule has 5 heteroatoms. The van der Waals surface area contributed by atoms with Crippen molar-refractivity contribution >= 4 is 16.9 Å². The second-order valence-electron chi connectivity index (χ2n) is 4.14. The lowest BCUT2D eigenvalue weighted by molar-refractivity contribution is 0.415. The normalized spacial score (nSPS) is 11.0. The van der Waals surface area contributed by atoms with Crippen LogP contribution in [0.1, 0.15) is 5.56 Å². The monoisotopic (exact) mass is 243 g/mol. The van der Waals surface area contributed by atoms with Gasteiger partial charge in [-0.15, -0.1) is 0 Å². The molecule has 0 saturated heterocycles. The molecule has 0 fully saturated rings. The number of oxazole rings is 1. The summed E-state index contributed by atoms with van der Waals surface area (Å²) in [6, 6.07) is 4.12. The summed E-state index contributed by atoms with van der Waals surface area (Å²) in [5, 5.41) is 1.04. The van der Waals surface area contributed by atoms with Crippen LogP contribution in [0.5, 0.6) is 5.75 Å². The molecule has 0 aliphatic rings. The molecule has 0 aliphatic heterocycles. The van der Waals surface area contributed by atoms with Crippen molar-refractivity contribution in [2.24, 2.45) is 0 Å². The Morgan fingerprint density at radius 2 is 2.22 bits per heavy atom. The number of hydrogen-bond donors (Lipinski definition) is 2. The van der Waals surface area contributed by atoms with Crippen LogP contribution in [0.25, 0.3) is 22.2 Å². The number of nitrogens with one attached hydrogen (secondary N) is 1. The van der Waals surface area contributed by atoms with Crippen LogP contribution in [0.15, 0.2) is 29.0 Å². The molecule has 0 bridgehead atoms. The Hall–Kier alpha value is -2.43. The summed E-state index contributed by atoms with van der Waals surface area (Å²) in [4.78, 5) is 7.38. The number of fused-ring (bicyclic) bond motifs is 1. The Morgan fingerprint density at radius 3 is 2.89 bits per heavy atom. The minimum absolute atomic E-state index is 0.166. The van der Waals surface area contributed by atoms with Crippen LogP contribution in [0.2, 0.25) is 0 Å². The smallest absolute Gasteiger partial charge is 0.292 e. The molecule has 0 unspecified atom stereocenters. The third-order valence-corrected chi connectivity index (χ3v) is 2.99. The van der Waals surface area contributed by atoms with Gasteiger partial charge in [-0.25, -0.2) is 0 Å². The number of benzene rings is 1. The Balaban J connectivity index is 2.27. The van der Waals surface area contributed by atoms with Crippen LogP contribution >= 0.6 is 0 Å². The Morgan fingerprint density at radius 1 is 1.39 bits per heavy atom. The van der Waals surface area contributed by atoms with E-state index in [-0.39, 0.29) is 6.01 Å². The standard InChI is InChI=1S/C13H13N3O2/c1-7-3-8(17-2)4-9-10(5-15-12(7)9)11-6-18-13(14)16-11/h3-6,15H,1-2H3,(H2,14,16). The highest BCUT2D eigenvalue weighted by molar-refractivity contribution is 5.97. The molecule has 0 aliphatic carbocycles. The third-order valence-electron chi connectivity index (χ3n) is 2.99. The summed E-state index contributed by atoms with van der Waals surface area (Å²) in [7, 11) is 1.65. The summed E-state index contributed by atoms with van der Waals surface area (Å²) in [5.41, 5.74) is 9.35. The van der Waals surface area contributed by atoms with E-state index >= 15 is 0 Å². The van der Waals surface area contributed by atoms with Crippen molar-refractivity contribution in [3.63, 3.8) is 0 Å². The Bertz CT molecular complexity index is 712. The first kappa shape index (κ1) is 10.7. The lowest BCUT2D eigenvalue weighted by Gasteiger charge is -2.03. The maximum absolute atomic E-state index is 5.50. The van der Waals surface area contributed by atoms with Crippen LogP contribution in [0.3, 0.4) is 0 Å². The summed E-state index contributed by atoms with van der Waals surface area (Å²) in [5.74, 6) is 0.817. The quantitative estimate of drug-likeness (QED) is 0.725. The van der Waals surface area contributed by atoms with Gasteiger partial charge >= 0.3 is 0 Å². The molecule has 3 N–H and O–H groups in total. The van der Waals surface area contributed by atoms with Crippen molar-refractivity contribution in [1.29, 1.82) is 0 Å². The van der Waals surface area contributed by atoms with Crippen molar-refractivity contribution in [1.82, 2.24) is 9.97 Å². The number of ether oxygens (including phenoxy) is 1.